The Labute approximate surface area is 144 Å². The van der Waals surface area contributed by atoms with Crippen LogP contribution in [0.1, 0.15) is 0 Å². The fourth-order valence-corrected chi connectivity index (χ4v) is 2.74. The van der Waals surface area contributed by atoms with Gasteiger partial charge in [0, 0.05) is 5.69 Å². The third-order valence-electron chi connectivity index (χ3n) is 3.25. The van der Waals surface area contributed by atoms with Crippen LogP contribution in [0.3, 0.4) is 0 Å². The Hall–Kier alpha value is -2.64. The maximum atomic E-state index is 12.2. The van der Waals surface area contributed by atoms with Crippen molar-refractivity contribution in [1.29, 1.82) is 0 Å². The molecule has 1 aromatic carbocycles. The fraction of sp³-hybridized carbons (Fsp3) is 0.0667. The van der Waals surface area contributed by atoms with Gasteiger partial charge >= 0.3 is 5.69 Å². The standard InChI is InChI=1S/C15H10Cl2N4O3/c16-11-5-8(6-12(17)19-11)18-13(22)7-21-10-4-2-1-3-9(10)14(23)20-15(21)24/h1-6H,7H2,(H,18,19,22)(H,20,23,24). The van der Waals surface area contributed by atoms with Crippen LogP contribution in [-0.2, 0) is 11.3 Å². The lowest BCUT2D eigenvalue weighted by Gasteiger charge is -2.10. The number of aromatic nitrogens is 3. The van der Waals surface area contributed by atoms with Gasteiger partial charge in [0.15, 0.2) is 0 Å². The van der Waals surface area contributed by atoms with Crippen LogP contribution >= 0.6 is 23.2 Å². The number of amides is 1. The highest BCUT2D eigenvalue weighted by Crippen LogP contribution is 2.18. The van der Waals surface area contributed by atoms with Gasteiger partial charge < -0.3 is 5.32 Å². The van der Waals surface area contributed by atoms with Crippen molar-refractivity contribution in [2.75, 3.05) is 5.32 Å². The van der Waals surface area contributed by atoms with Crippen molar-refractivity contribution in [3.63, 3.8) is 0 Å². The molecule has 0 radical (unpaired) electrons. The molecule has 0 saturated heterocycles. The molecule has 1 amide bonds. The Kier molecular flexibility index (Phi) is 4.37. The number of para-hydroxylation sites is 1. The number of halogens is 2. The molecule has 24 heavy (non-hydrogen) atoms. The average molecular weight is 365 g/mol. The van der Waals surface area contributed by atoms with Gasteiger partial charge in [-0.1, -0.05) is 35.3 Å². The monoisotopic (exact) mass is 364 g/mol. The molecule has 0 fully saturated rings. The van der Waals surface area contributed by atoms with Gasteiger partial charge in [0.2, 0.25) is 5.91 Å². The van der Waals surface area contributed by atoms with Crippen molar-refractivity contribution >= 4 is 45.7 Å². The predicted molar refractivity (Wildman–Crippen MR) is 91.7 cm³/mol. The molecule has 122 valence electrons. The number of hydrogen-bond acceptors (Lipinski definition) is 4. The number of anilines is 1. The van der Waals surface area contributed by atoms with Gasteiger partial charge in [-0.25, -0.2) is 9.78 Å². The number of hydrogen-bond donors (Lipinski definition) is 2. The first-order valence-electron chi connectivity index (χ1n) is 6.79. The van der Waals surface area contributed by atoms with Crippen LogP contribution in [0.5, 0.6) is 0 Å². The maximum absolute atomic E-state index is 12.2. The molecule has 0 aliphatic carbocycles. The summed E-state index contributed by atoms with van der Waals surface area (Å²) in [5.74, 6) is -0.479. The fourth-order valence-electron chi connectivity index (χ4n) is 2.28. The first-order chi connectivity index (χ1) is 11.4. The Balaban J connectivity index is 1.94. The number of benzene rings is 1. The van der Waals surface area contributed by atoms with Crippen molar-refractivity contribution in [2.45, 2.75) is 6.54 Å². The zero-order valence-corrected chi connectivity index (χ0v) is 13.6. The molecule has 9 heteroatoms. The predicted octanol–water partition coefficient (Wildman–Crippen LogP) is 2.03. The Morgan fingerprint density at radius 1 is 1.17 bits per heavy atom. The molecule has 0 saturated carbocycles. The van der Waals surface area contributed by atoms with Crippen LogP contribution in [-0.4, -0.2) is 20.4 Å². The number of nitrogens with one attached hydrogen (secondary N) is 2. The molecule has 2 aromatic heterocycles. The van der Waals surface area contributed by atoms with Gasteiger partial charge in [0.1, 0.15) is 16.9 Å². The smallest absolute Gasteiger partial charge is 0.324 e. The molecular weight excluding hydrogens is 355 g/mol. The number of H-pyrrole nitrogens is 1. The topological polar surface area (TPSA) is 96.9 Å². The largest absolute Gasteiger partial charge is 0.329 e. The van der Waals surface area contributed by atoms with E-state index in [0.29, 0.717) is 16.6 Å². The molecule has 0 bridgehead atoms. The molecule has 2 heterocycles. The van der Waals surface area contributed by atoms with Gasteiger partial charge in [-0.2, -0.15) is 0 Å². The van der Waals surface area contributed by atoms with Crippen LogP contribution in [0.2, 0.25) is 10.3 Å². The van der Waals surface area contributed by atoms with E-state index in [2.05, 4.69) is 15.3 Å². The van der Waals surface area contributed by atoms with Gasteiger partial charge in [0.25, 0.3) is 5.56 Å². The van der Waals surface area contributed by atoms with E-state index >= 15 is 0 Å². The van der Waals surface area contributed by atoms with Crippen LogP contribution in [0.15, 0.2) is 46.0 Å². The number of rotatable bonds is 3. The number of pyridine rings is 1. The van der Waals surface area contributed by atoms with E-state index in [1.165, 1.54) is 16.7 Å². The van der Waals surface area contributed by atoms with Crippen LogP contribution in [0.4, 0.5) is 5.69 Å². The molecule has 7 nitrogen and oxygen atoms in total. The van der Waals surface area contributed by atoms with Crippen molar-refractivity contribution in [1.82, 2.24) is 14.5 Å². The first-order valence-corrected chi connectivity index (χ1v) is 7.54. The third-order valence-corrected chi connectivity index (χ3v) is 3.64. The summed E-state index contributed by atoms with van der Waals surface area (Å²) in [6.45, 7) is -0.284. The lowest BCUT2D eigenvalue weighted by molar-refractivity contribution is -0.116. The third kappa shape index (κ3) is 3.32. The first kappa shape index (κ1) is 16.2. The zero-order chi connectivity index (χ0) is 17.3. The summed E-state index contributed by atoms with van der Waals surface area (Å²) in [5.41, 5.74) is -0.446. The molecule has 3 aromatic rings. The number of fused-ring (bicyclic) bond motifs is 1. The van der Waals surface area contributed by atoms with E-state index in [-0.39, 0.29) is 16.9 Å². The number of nitrogens with zero attached hydrogens (tertiary/aromatic N) is 2. The van der Waals surface area contributed by atoms with Gasteiger partial charge in [-0.15, -0.1) is 0 Å². The van der Waals surface area contributed by atoms with Crippen molar-refractivity contribution < 1.29 is 4.79 Å². The van der Waals surface area contributed by atoms with Gasteiger partial charge in [-0.05, 0) is 24.3 Å². The summed E-state index contributed by atoms with van der Waals surface area (Å²) in [6.07, 6.45) is 0. The van der Waals surface area contributed by atoms with E-state index in [1.807, 2.05) is 0 Å². The lowest BCUT2D eigenvalue weighted by atomic mass is 10.2. The summed E-state index contributed by atoms with van der Waals surface area (Å²) in [4.78, 5) is 42.0. The maximum Gasteiger partial charge on any atom is 0.329 e. The summed E-state index contributed by atoms with van der Waals surface area (Å²) in [6, 6.07) is 9.38. The Morgan fingerprint density at radius 2 is 1.83 bits per heavy atom. The second-order valence-electron chi connectivity index (χ2n) is 4.91. The Morgan fingerprint density at radius 3 is 2.54 bits per heavy atom. The van der Waals surface area contributed by atoms with E-state index in [9.17, 15) is 14.4 Å². The summed E-state index contributed by atoms with van der Waals surface area (Å²) >= 11 is 11.5. The Bertz CT molecular complexity index is 1040. The molecule has 0 aliphatic rings. The van der Waals surface area contributed by atoms with E-state index in [4.69, 9.17) is 23.2 Å². The van der Waals surface area contributed by atoms with Crippen molar-refractivity contribution in [2.24, 2.45) is 0 Å². The van der Waals surface area contributed by atoms with E-state index < -0.39 is 17.2 Å². The summed E-state index contributed by atoms with van der Waals surface area (Å²) in [7, 11) is 0. The second kappa shape index (κ2) is 6.46. The van der Waals surface area contributed by atoms with Crippen LogP contribution in [0.25, 0.3) is 10.9 Å². The van der Waals surface area contributed by atoms with Gasteiger partial charge in [-0.3, -0.25) is 19.1 Å². The highest BCUT2D eigenvalue weighted by atomic mass is 35.5. The van der Waals surface area contributed by atoms with Gasteiger partial charge in [0.05, 0.1) is 10.9 Å². The van der Waals surface area contributed by atoms with E-state index in [1.54, 1.807) is 24.3 Å². The zero-order valence-electron chi connectivity index (χ0n) is 12.0. The number of carbonyl (C=O) groups excluding carboxylic acids is 1. The highest BCUT2D eigenvalue weighted by molar-refractivity contribution is 6.33. The minimum Gasteiger partial charge on any atom is -0.324 e. The second-order valence-corrected chi connectivity index (χ2v) is 5.69. The molecule has 0 spiro atoms. The quantitative estimate of drug-likeness (QED) is 0.694. The molecule has 2 N–H and O–H groups in total. The minimum absolute atomic E-state index is 0.129. The average Bonchev–Trinajstić information content (AvgIpc) is 2.50. The van der Waals surface area contributed by atoms with Crippen LogP contribution in [0, 0.1) is 0 Å². The molecule has 3 rings (SSSR count). The molecule has 0 atom stereocenters. The molecule has 0 aliphatic heterocycles. The summed E-state index contributed by atoms with van der Waals surface area (Å²) < 4.78 is 1.18. The number of aromatic amines is 1. The minimum atomic E-state index is -0.667. The highest BCUT2D eigenvalue weighted by Gasteiger charge is 2.11. The summed E-state index contributed by atoms with van der Waals surface area (Å²) in [5, 5.41) is 3.16. The number of carbonyl (C=O) groups is 1. The molecule has 0 unspecified atom stereocenters. The van der Waals surface area contributed by atoms with Crippen molar-refractivity contribution in [3.05, 3.63) is 67.5 Å². The SMILES string of the molecule is O=C(Cn1c(=O)[nH]c(=O)c2ccccc21)Nc1cc(Cl)nc(Cl)c1. The van der Waals surface area contributed by atoms with Crippen LogP contribution < -0.4 is 16.6 Å². The van der Waals surface area contributed by atoms with E-state index in [0.717, 1.165) is 0 Å². The normalized spacial score (nSPS) is 10.8. The molecular formula is C15H10Cl2N4O3. The van der Waals surface area contributed by atoms with Crippen molar-refractivity contribution in [3.8, 4) is 0 Å². The lowest BCUT2D eigenvalue weighted by Crippen LogP contribution is -2.34.